The Morgan fingerprint density at radius 3 is 2.79 bits per heavy atom. The fourth-order valence-electron chi connectivity index (χ4n) is 1.55. The highest BCUT2D eigenvalue weighted by Gasteiger charge is 2.17. The molecule has 0 saturated heterocycles. The molecule has 0 spiro atoms. The summed E-state index contributed by atoms with van der Waals surface area (Å²) in [6.07, 6.45) is 8.33. The second-order valence-electron chi connectivity index (χ2n) is 3.68. The van der Waals surface area contributed by atoms with Crippen molar-refractivity contribution in [2.45, 2.75) is 25.7 Å². The van der Waals surface area contributed by atoms with Gasteiger partial charge in [-0.3, -0.25) is 0 Å². The third-order valence-electron chi connectivity index (χ3n) is 2.68. The number of ether oxygens (including phenoxy) is 1. The fraction of sp³-hybridized carbons (Fsp3) is 0.600. The van der Waals surface area contributed by atoms with Crippen LogP contribution < -0.4 is 10.5 Å². The molecule has 0 amide bonds. The Balaban J connectivity index is 1.76. The Morgan fingerprint density at radius 2 is 2.14 bits per heavy atom. The van der Waals surface area contributed by atoms with Crippen molar-refractivity contribution in [3.05, 3.63) is 12.4 Å². The number of hydrogen-bond donors (Lipinski definition) is 1. The molecule has 1 aromatic heterocycles. The van der Waals surface area contributed by atoms with Gasteiger partial charge in [0.25, 0.3) is 5.88 Å². The molecule has 2 rings (SSSR count). The molecular formula is C10H15N3O. The van der Waals surface area contributed by atoms with E-state index in [1.165, 1.54) is 19.3 Å². The van der Waals surface area contributed by atoms with Gasteiger partial charge in [0, 0.05) is 12.4 Å². The summed E-state index contributed by atoms with van der Waals surface area (Å²) in [6, 6.07) is 0. The summed E-state index contributed by atoms with van der Waals surface area (Å²) in [5.74, 6) is 1.70. The van der Waals surface area contributed by atoms with Gasteiger partial charge in [-0.2, -0.15) is 0 Å². The fourth-order valence-corrected chi connectivity index (χ4v) is 1.55. The van der Waals surface area contributed by atoms with Crippen molar-refractivity contribution in [1.29, 1.82) is 0 Å². The van der Waals surface area contributed by atoms with Gasteiger partial charge < -0.3 is 10.5 Å². The zero-order chi connectivity index (χ0) is 9.80. The molecule has 1 aliphatic rings. The minimum Gasteiger partial charge on any atom is -0.475 e. The van der Waals surface area contributed by atoms with E-state index in [2.05, 4.69) is 9.97 Å². The minimum atomic E-state index is 0.376. The van der Waals surface area contributed by atoms with E-state index in [0.29, 0.717) is 18.3 Å². The third-order valence-corrected chi connectivity index (χ3v) is 2.68. The SMILES string of the molecule is Nc1nccnc1OCCC1CCC1. The maximum Gasteiger partial charge on any atom is 0.257 e. The lowest BCUT2D eigenvalue weighted by molar-refractivity contribution is 0.217. The highest BCUT2D eigenvalue weighted by molar-refractivity contribution is 5.38. The lowest BCUT2D eigenvalue weighted by Gasteiger charge is -2.24. The molecule has 1 aliphatic carbocycles. The van der Waals surface area contributed by atoms with Crippen molar-refractivity contribution < 1.29 is 4.74 Å². The number of rotatable bonds is 4. The topological polar surface area (TPSA) is 61.0 Å². The summed E-state index contributed by atoms with van der Waals surface area (Å²) in [4.78, 5) is 7.91. The van der Waals surface area contributed by atoms with Crippen molar-refractivity contribution in [2.24, 2.45) is 5.92 Å². The van der Waals surface area contributed by atoms with Crippen LogP contribution in [0, 0.1) is 5.92 Å². The Morgan fingerprint density at radius 1 is 1.36 bits per heavy atom. The molecule has 4 nitrogen and oxygen atoms in total. The first-order chi connectivity index (χ1) is 6.86. The zero-order valence-electron chi connectivity index (χ0n) is 8.15. The van der Waals surface area contributed by atoms with Crippen LogP contribution in [0.2, 0.25) is 0 Å². The lowest BCUT2D eigenvalue weighted by Crippen LogP contribution is -2.15. The number of aromatic nitrogens is 2. The summed E-state index contributed by atoms with van der Waals surface area (Å²) in [5.41, 5.74) is 5.59. The normalized spacial score (nSPS) is 16.3. The Labute approximate surface area is 83.5 Å². The largest absolute Gasteiger partial charge is 0.475 e. The molecule has 0 radical (unpaired) electrons. The van der Waals surface area contributed by atoms with E-state index in [1.54, 1.807) is 12.4 Å². The minimum absolute atomic E-state index is 0.376. The summed E-state index contributed by atoms with van der Waals surface area (Å²) in [7, 11) is 0. The quantitative estimate of drug-likeness (QED) is 0.789. The summed E-state index contributed by atoms with van der Waals surface area (Å²) in [6.45, 7) is 0.702. The van der Waals surface area contributed by atoms with E-state index in [9.17, 15) is 0 Å². The lowest BCUT2D eigenvalue weighted by atomic mass is 9.83. The first kappa shape index (κ1) is 9.24. The second kappa shape index (κ2) is 4.26. The molecule has 1 heterocycles. The molecule has 0 atom stereocenters. The van der Waals surface area contributed by atoms with E-state index >= 15 is 0 Å². The highest BCUT2D eigenvalue weighted by atomic mass is 16.5. The number of nitrogen functional groups attached to an aromatic ring is 1. The van der Waals surface area contributed by atoms with Gasteiger partial charge >= 0.3 is 0 Å². The number of anilines is 1. The Bertz CT molecular complexity index is 299. The molecule has 4 heteroatoms. The van der Waals surface area contributed by atoms with Crippen molar-refractivity contribution in [3.8, 4) is 5.88 Å². The van der Waals surface area contributed by atoms with Gasteiger partial charge in [0.15, 0.2) is 5.82 Å². The maximum absolute atomic E-state index is 5.59. The smallest absolute Gasteiger partial charge is 0.257 e. The van der Waals surface area contributed by atoms with Gasteiger partial charge in [-0.05, 0) is 12.3 Å². The van der Waals surface area contributed by atoms with Gasteiger partial charge in [-0.25, -0.2) is 9.97 Å². The summed E-state index contributed by atoms with van der Waals surface area (Å²) >= 11 is 0. The molecule has 1 fully saturated rings. The first-order valence-electron chi connectivity index (χ1n) is 5.05. The maximum atomic E-state index is 5.59. The molecular weight excluding hydrogens is 178 g/mol. The molecule has 76 valence electrons. The molecule has 0 aromatic carbocycles. The highest BCUT2D eigenvalue weighted by Crippen LogP contribution is 2.29. The predicted molar refractivity (Wildman–Crippen MR) is 53.9 cm³/mol. The summed E-state index contributed by atoms with van der Waals surface area (Å²) in [5, 5.41) is 0. The van der Waals surface area contributed by atoms with Crippen LogP contribution in [-0.2, 0) is 0 Å². The average Bonchev–Trinajstić information content (AvgIpc) is 2.12. The summed E-state index contributed by atoms with van der Waals surface area (Å²) < 4.78 is 5.44. The van der Waals surface area contributed by atoms with Crippen LogP contribution in [0.4, 0.5) is 5.82 Å². The molecule has 0 bridgehead atoms. The Hall–Kier alpha value is -1.32. The van der Waals surface area contributed by atoms with Gasteiger partial charge in [0.05, 0.1) is 6.61 Å². The van der Waals surface area contributed by atoms with Crippen molar-refractivity contribution in [2.75, 3.05) is 12.3 Å². The average molecular weight is 193 g/mol. The van der Waals surface area contributed by atoms with Gasteiger partial charge in [-0.1, -0.05) is 19.3 Å². The monoisotopic (exact) mass is 193 g/mol. The van der Waals surface area contributed by atoms with Crippen LogP contribution in [0.25, 0.3) is 0 Å². The van der Waals surface area contributed by atoms with Crippen molar-refractivity contribution >= 4 is 5.82 Å². The standard InChI is InChI=1S/C10H15N3O/c11-9-10(13-6-5-12-9)14-7-4-8-2-1-3-8/h5-6,8H,1-4,7H2,(H2,11,12). The van der Waals surface area contributed by atoms with Crippen LogP contribution in [0.3, 0.4) is 0 Å². The van der Waals surface area contributed by atoms with Crippen LogP contribution in [-0.4, -0.2) is 16.6 Å². The third kappa shape index (κ3) is 2.13. The van der Waals surface area contributed by atoms with E-state index in [1.807, 2.05) is 0 Å². The van der Waals surface area contributed by atoms with Crippen molar-refractivity contribution in [1.82, 2.24) is 9.97 Å². The first-order valence-corrected chi connectivity index (χ1v) is 5.05. The van der Waals surface area contributed by atoms with Gasteiger partial charge in [-0.15, -0.1) is 0 Å². The number of hydrogen-bond acceptors (Lipinski definition) is 4. The van der Waals surface area contributed by atoms with E-state index in [4.69, 9.17) is 10.5 Å². The molecule has 0 unspecified atom stereocenters. The predicted octanol–water partition coefficient (Wildman–Crippen LogP) is 1.63. The Kier molecular flexibility index (Phi) is 2.81. The van der Waals surface area contributed by atoms with Crippen LogP contribution in [0.1, 0.15) is 25.7 Å². The van der Waals surface area contributed by atoms with Crippen molar-refractivity contribution in [3.63, 3.8) is 0 Å². The van der Waals surface area contributed by atoms with Gasteiger partial charge in [0.2, 0.25) is 0 Å². The van der Waals surface area contributed by atoms with E-state index in [-0.39, 0.29) is 0 Å². The van der Waals surface area contributed by atoms with Crippen LogP contribution in [0.5, 0.6) is 5.88 Å². The molecule has 2 N–H and O–H groups in total. The molecule has 1 saturated carbocycles. The van der Waals surface area contributed by atoms with E-state index in [0.717, 1.165) is 12.3 Å². The molecule has 14 heavy (non-hydrogen) atoms. The van der Waals surface area contributed by atoms with Crippen LogP contribution in [0.15, 0.2) is 12.4 Å². The van der Waals surface area contributed by atoms with Crippen LogP contribution >= 0.6 is 0 Å². The zero-order valence-corrected chi connectivity index (χ0v) is 8.15. The molecule has 0 aliphatic heterocycles. The van der Waals surface area contributed by atoms with Gasteiger partial charge in [0.1, 0.15) is 0 Å². The number of nitrogens with zero attached hydrogens (tertiary/aromatic N) is 2. The van der Waals surface area contributed by atoms with E-state index < -0.39 is 0 Å². The molecule has 1 aromatic rings. The second-order valence-corrected chi connectivity index (χ2v) is 3.68. The number of nitrogens with two attached hydrogens (primary N) is 1.